The normalized spacial score (nSPS) is 10.6. The summed E-state index contributed by atoms with van der Waals surface area (Å²) in [6, 6.07) is 23.2. The molecule has 0 aliphatic rings. The molecule has 0 saturated heterocycles. The molecule has 0 saturated carbocycles. The van der Waals surface area contributed by atoms with Gasteiger partial charge in [0.1, 0.15) is 5.75 Å². The molecule has 3 aromatic carbocycles. The molecule has 0 aromatic heterocycles. The SMILES string of the molecule is O=C(/C=C/c1ccc([N+](=O)[O-])cc1)Nc1ccc(OCCc2ccccc2)cc1. The van der Waals surface area contributed by atoms with Crippen LogP contribution in [0.3, 0.4) is 0 Å². The smallest absolute Gasteiger partial charge is 0.269 e. The number of carbonyl (C=O) groups excluding carboxylic acids is 1. The number of amides is 1. The van der Waals surface area contributed by atoms with E-state index < -0.39 is 4.92 Å². The van der Waals surface area contributed by atoms with Gasteiger partial charge >= 0.3 is 0 Å². The summed E-state index contributed by atoms with van der Waals surface area (Å²) >= 11 is 0. The van der Waals surface area contributed by atoms with Gasteiger partial charge in [-0.05, 0) is 53.6 Å². The van der Waals surface area contributed by atoms with E-state index in [1.807, 2.05) is 18.2 Å². The summed E-state index contributed by atoms with van der Waals surface area (Å²) in [5.74, 6) is 0.446. The Morgan fingerprint density at radius 1 is 0.966 bits per heavy atom. The number of nitrogens with one attached hydrogen (secondary N) is 1. The summed E-state index contributed by atoms with van der Waals surface area (Å²) < 4.78 is 5.73. The molecule has 0 radical (unpaired) electrons. The number of anilines is 1. The highest BCUT2D eigenvalue weighted by Gasteiger charge is 2.03. The van der Waals surface area contributed by atoms with Crippen LogP contribution in [-0.2, 0) is 11.2 Å². The minimum absolute atomic E-state index is 0.0117. The first-order valence-corrected chi connectivity index (χ1v) is 9.10. The second kappa shape index (κ2) is 9.85. The Balaban J connectivity index is 1.47. The Bertz CT molecular complexity index is 982. The maximum absolute atomic E-state index is 12.0. The van der Waals surface area contributed by atoms with Crippen LogP contribution in [0.1, 0.15) is 11.1 Å². The van der Waals surface area contributed by atoms with Gasteiger partial charge in [-0.2, -0.15) is 0 Å². The van der Waals surface area contributed by atoms with Crippen LogP contribution in [0.4, 0.5) is 11.4 Å². The number of nitro groups is 1. The Hall–Kier alpha value is -3.93. The number of carbonyl (C=O) groups is 1. The van der Waals surface area contributed by atoms with Crippen LogP contribution in [0, 0.1) is 10.1 Å². The molecule has 29 heavy (non-hydrogen) atoms. The van der Waals surface area contributed by atoms with E-state index in [0.717, 1.165) is 12.2 Å². The molecule has 0 fully saturated rings. The van der Waals surface area contributed by atoms with Crippen molar-refractivity contribution in [3.8, 4) is 5.75 Å². The molecule has 146 valence electrons. The molecule has 0 unspecified atom stereocenters. The van der Waals surface area contributed by atoms with Crippen LogP contribution >= 0.6 is 0 Å². The molecule has 0 atom stereocenters. The highest BCUT2D eigenvalue weighted by molar-refractivity contribution is 6.01. The van der Waals surface area contributed by atoms with Crippen molar-refractivity contribution >= 4 is 23.4 Å². The minimum Gasteiger partial charge on any atom is -0.493 e. The lowest BCUT2D eigenvalue weighted by molar-refractivity contribution is -0.384. The van der Waals surface area contributed by atoms with Gasteiger partial charge in [0.2, 0.25) is 5.91 Å². The van der Waals surface area contributed by atoms with Crippen molar-refractivity contribution in [3.63, 3.8) is 0 Å². The number of nitrogens with zero attached hydrogens (tertiary/aromatic N) is 1. The maximum Gasteiger partial charge on any atom is 0.269 e. The zero-order valence-electron chi connectivity index (χ0n) is 15.7. The van der Waals surface area contributed by atoms with Crippen molar-refractivity contribution < 1.29 is 14.5 Å². The Kier molecular flexibility index (Phi) is 6.73. The standard InChI is InChI=1S/C23H20N2O4/c26-23(15-8-19-6-11-21(12-7-19)25(27)28)24-20-9-13-22(14-10-20)29-17-16-18-4-2-1-3-5-18/h1-15H,16-17H2,(H,24,26)/b15-8+. The third kappa shape index (κ3) is 6.32. The summed E-state index contributed by atoms with van der Waals surface area (Å²) in [5, 5.41) is 13.4. The van der Waals surface area contributed by atoms with E-state index in [-0.39, 0.29) is 11.6 Å². The average molecular weight is 388 g/mol. The fourth-order valence-electron chi connectivity index (χ4n) is 2.63. The van der Waals surface area contributed by atoms with Gasteiger partial charge < -0.3 is 10.1 Å². The first-order valence-electron chi connectivity index (χ1n) is 9.10. The average Bonchev–Trinajstić information content (AvgIpc) is 2.74. The van der Waals surface area contributed by atoms with Gasteiger partial charge in [0.15, 0.2) is 0 Å². The van der Waals surface area contributed by atoms with E-state index in [4.69, 9.17) is 4.74 Å². The van der Waals surface area contributed by atoms with Gasteiger partial charge in [-0.1, -0.05) is 30.3 Å². The number of rotatable bonds is 8. The van der Waals surface area contributed by atoms with E-state index in [9.17, 15) is 14.9 Å². The van der Waals surface area contributed by atoms with E-state index >= 15 is 0 Å². The monoisotopic (exact) mass is 388 g/mol. The Labute approximate surface area is 168 Å². The summed E-state index contributed by atoms with van der Waals surface area (Å²) in [6.07, 6.45) is 3.80. The molecule has 3 rings (SSSR count). The van der Waals surface area contributed by atoms with Crippen LogP contribution in [0.15, 0.2) is 84.9 Å². The molecule has 0 heterocycles. The number of benzene rings is 3. The summed E-state index contributed by atoms with van der Waals surface area (Å²) in [5.41, 5.74) is 2.58. The third-order valence-electron chi connectivity index (χ3n) is 4.16. The number of non-ortho nitro benzene ring substituents is 1. The summed E-state index contributed by atoms with van der Waals surface area (Å²) in [6.45, 7) is 0.577. The summed E-state index contributed by atoms with van der Waals surface area (Å²) in [7, 11) is 0. The maximum atomic E-state index is 12.0. The highest BCUT2D eigenvalue weighted by atomic mass is 16.6. The molecule has 6 heteroatoms. The molecule has 3 aromatic rings. The lowest BCUT2D eigenvalue weighted by atomic mass is 10.2. The van der Waals surface area contributed by atoms with Crippen LogP contribution in [-0.4, -0.2) is 17.4 Å². The zero-order valence-corrected chi connectivity index (χ0v) is 15.7. The van der Waals surface area contributed by atoms with Gasteiger partial charge in [0.05, 0.1) is 11.5 Å². The minimum atomic E-state index is -0.463. The van der Waals surface area contributed by atoms with Crippen molar-refractivity contribution in [3.05, 3.63) is 106 Å². The molecule has 0 aliphatic carbocycles. The zero-order chi connectivity index (χ0) is 20.5. The van der Waals surface area contributed by atoms with Gasteiger partial charge in [-0.25, -0.2) is 0 Å². The predicted molar refractivity (Wildman–Crippen MR) is 113 cm³/mol. The number of nitro benzene ring substituents is 1. The van der Waals surface area contributed by atoms with E-state index in [0.29, 0.717) is 17.9 Å². The highest BCUT2D eigenvalue weighted by Crippen LogP contribution is 2.17. The first kappa shape index (κ1) is 19.8. The largest absolute Gasteiger partial charge is 0.493 e. The van der Waals surface area contributed by atoms with Gasteiger partial charge in [-0.15, -0.1) is 0 Å². The van der Waals surface area contributed by atoms with E-state index in [2.05, 4.69) is 17.4 Å². The van der Waals surface area contributed by atoms with Crippen molar-refractivity contribution in [2.45, 2.75) is 6.42 Å². The second-order valence-corrected chi connectivity index (χ2v) is 6.28. The van der Waals surface area contributed by atoms with Crippen molar-refractivity contribution in [1.82, 2.24) is 0 Å². The molecule has 1 amide bonds. The van der Waals surface area contributed by atoms with E-state index in [1.165, 1.54) is 23.8 Å². The quantitative estimate of drug-likeness (QED) is 0.339. The predicted octanol–water partition coefficient (Wildman–Crippen LogP) is 4.87. The van der Waals surface area contributed by atoms with Crippen molar-refractivity contribution in [2.24, 2.45) is 0 Å². The Morgan fingerprint density at radius 3 is 2.31 bits per heavy atom. The lowest BCUT2D eigenvalue weighted by Gasteiger charge is -2.08. The fraction of sp³-hybridized carbons (Fsp3) is 0.0870. The van der Waals surface area contributed by atoms with Gasteiger partial charge in [0, 0.05) is 30.3 Å². The molecule has 0 aliphatic heterocycles. The molecule has 0 bridgehead atoms. The van der Waals surface area contributed by atoms with Crippen LogP contribution < -0.4 is 10.1 Å². The second-order valence-electron chi connectivity index (χ2n) is 6.28. The lowest BCUT2D eigenvalue weighted by Crippen LogP contribution is -2.07. The molecular weight excluding hydrogens is 368 g/mol. The third-order valence-corrected chi connectivity index (χ3v) is 4.16. The first-order chi connectivity index (χ1) is 14.1. The van der Waals surface area contributed by atoms with Crippen LogP contribution in [0.2, 0.25) is 0 Å². The fourth-order valence-corrected chi connectivity index (χ4v) is 2.63. The van der Waals surface area contributed by atoms with E-state index in [1.54, 1.807) is 42.5 Å². The number of ether oxygens (including phenoxy) is 1. The number of hydrogen-bond acceptors (Lipinski definition) is 4. The van der Waals surface area contributed by atoms with Crippen LogP contribution in [0.25, 0.3) is 6.08 Å². The van der Waals surface area contributed by atoms with Crippen molar-refractivity contribution in [1.29, 1.82) is 0 Å². The molecular formula is C23H20N2O4. The van der Waals surface area contributed by atoms with Gasteiger partial charge in [-0.3, -0.25) is 14.9 Å². The van der Waals surface area contributed by atoms with Gasteiger partial charge in [0.25, 0.3) is 5.69 Å². The molecule has 0 spiro atoms. The summed E-state index contributed by atoms with van der Waals surface area (Å²) in [4.78, 5) is 22.2. The Morgan fingerprint density at radius 2 is 1.66 bits per heavy atom. The van der Waals surface area contributed by atoms with Crippen LogP contribution in [0.5, 0.6) is 5.75 Å². The molecule has 1 N–H and O–H groups in total. The molecule has 6 nitrogen and oxygen atoms in total. The topological polar surface area (TPSA) is 81.5 Å². The van der Waals surface area contributed by atoms with Crippen molar-refractivity contribution in [2.75, 3.05) is 11.9 Å². The number of hydrogen-bond donors (Lipinski definition) is 1.